The lowest BCUT2D eigenvalue weighted by Crippen LogP contribution is -2.51. The molecular weight excluding hydrogens is 354 g/mol. The second-order valence-electron chi connectivity index (χ2n) is 11.0. The van der Waals surface area contributed by atoms with Gasteiger partial charge in [-0.15, -0.1) is 0 Å². The summed E-state index contributed by atoms with van der Waals surface area (Å²) in [7, 11) is 0. The van der Waals surface area contributed by atoms with Gasteiger partial charge in [0, 0.05) is 28.9 Å². The number of hydrogen-bond donors (Lipinski definition) is 0. The van der Waals surface area contributed by atoms with Crippen molar-refractivity contribution in [1.29, 1.82) is 0 Å². The molecule has 0 N–H and O–H groups in total. The number of amides is 2. The highest BCUT2D eigenvalue weighted by molar-refractivity contribution is 6.14. The summed E-state index contributed by atoms with van der Waals surface area (Å²) in [5.41, 5.74) is 1.16. The molecule has 5 fully saturated rings. The van der Waals surface area contributed by atoms with Gasteiger partial charge in [0.05, 0.1) is 6.04 Å². The molecule has 4 bridgehead atoms. The first-order valence-electron chi connectivity index (χ1n) is 11.0. The topological polar surface area (TPSA) is 63.7 Å². The van der Waals surface area contributed by atoms with Crippen LogP contribution in [0.3, 0.4) is 0 Å². The summed E-state index contributed by atoms with van der Waals surface area (Å²) in [6.07, 6.45) is 4.65. The molecule has 5 nitrogen and oxygen atoms in total. The summed E-state index contributed by atoms with van der Waals surface area (Å²) in [5, 5.41) is 0. The minimum absolute atomic E-state index is 0.0147. The normalized spacial score (nSPS) is 49.9. The molecule has 5 aliphatic carbocycles. The maximum absolute atomic E-state index is 13.8. The molecule has 5 heteroatoms. The number of Topliss-reactive ketones (excluding diaryl/α,β-unsaturated/α-hetero) is 1. The van der Waals surface area contributed by atoms with Crippen LogP contribution in [0.15, 0.2) is 11.1 Å². The molecule has 0 unspecified atom stereocenters. The van der Waals surface area contributed by atoms with E-state index in [-0.39, 0.29) is 46.5 Å². The molecule has 6 aliphatic rings. The highest BCUT2D eigenvalue weighted by Crippen LogP contribution is 2.69. The van der Waals surface area contributed by atoms with Crippen LogP contribution in [0.5, 0.6) is 0 Å². The Morgan fingerprint density at radius 3 is 2.46 bits per heavy atom. The third kappa shape index (κ3) is 1.63. The fraction of sp³-hybridized carbons (Fsp3) is 0.783. The molecule has 2 amide bonds. The maximum atomic E-state index is 13.8. The monoisotopic (exact) mass is 383 g/mol. The van der Waals surface area contributed by atoms with Crippen molar-refractivity contribution in [2.45, 2.75) is 71.9 Å². The first-order valence-corrected chi connectivity index (χ1v) is 11.0. The van der Waals surface area contributed by atoms with Gasteiger partial charge in [-0.05, 0) is 61.7 Å². The van der Waals surface area contributed by atoms with Gasteiger partial charge in [0.1, 0.15) is 6.10 Å². The summed E-state index contributed by atoms with van der Waals surface area (Å²) in [4.78, 5) is 41.1. The van der Waals surface area contributed by atoms with E-state index in [2.05, 4.69) is 20.8 Å². The Balaban J connectivity index is 1.41. The predicted molar refractivity (Wildman–Crippen MR) is 101 cm³/mol. The zero-order chi connectivity index (χ0) is 19.7. The number of carbonyl (C=O) groups is 3. The zero-order valence-corrected chi connectivity index (χ0v) is 17.2. The van der Waals surface area contributed by atoms with Crippen molar-refractivity contribution in [1.82, 2.24) is 4.90 Å². The Morgan fingerprint density at radius 1 is 1.07 bits per heavy atom. The van der Waals surface area contributed by atoms with Crippen LogP contribution < -0.4 is 0 Å². The van der Waals surface area contributed by atoms with Crippen molar-refractivity contribution in [3.63, 3.8) is 0 Å². The average Bonchev–Trinajstić information content (AvgIpc) is 3.41. The number of allylic oxidation sites excluding steroid dienone is 1. The second kappa shape index (κ2) is 4.91. The third-order valence-electron chi connectivity index (χ3n) is 10.2. The molecule has 1 heterocycles. The fourth-order valence-corrected chi connectivity index (χ4v) is 8.47. The SMILES string of the molecule is CC1=C(C(=O)N2C(=O)O[C@@H]3[C@H]4CC[C@@](C)([C@@H]32)C4(C)C)[C@H]2[C@@H]3CC[C@@H](C3)[C@H]2C1=O. The molecule has 0 spiro atoms. The van der Waals surface area contributed by atoms with Gasteiger partial charge >= 0.3 is 6.09 Å². The van der Waals surface area contributed by atoms with Crippen molar-refractivity contribution < 1.29 is 19.1 Å². The van der Waals surface area contributed by atoms with Gasteiger partial charge in [-0.1, -0.05) is 20.8 Å². The van der Waals surface area contributed by atoms with E-state index in [1.54, 1.807) is 6.92 Å². The van der Waals surface area contributed by atoms with Gasteiger partial charge in [-0.3, -0.25) is 9.59 Å². The van der Waals surface area contributed by atoms with Crippen molar-refractivity contribution >= 4 is 17.8 Å². The average molecular weight is 383 g/mol. The van der Waals surface area contributed by atoms with Crippen LogP contribution in [0.4, 0.5) is 4.79 Å². The van der Waals surface area contributed by atoms with Gasteiger partial charge in [-0.25, -0.2) is 9.69 Å². The predicted octanol–water partition coefficient (Wildman–Crippen LogP) is 3.72. The smallest absolute Gasteiger partial charge is 0.417 e. The van der Waals surface area contributed by atoms with Crippen molar-refractivity contribution in [3.05, 3.63) is 11.1 Å². The number of nitrogens with zero attached hydrogens (tertiary/aromatic N) is 1. The molecule has 1 saturated heterocycles. The van der Waals surface area contributed by atoms with Crippen molar-refractivity contribution in [3.8, 4) is 0 Å². The van der Waals surface area contributed by atoms with E-state index in [4.69, 9.17) is 4.74 Å². The van der Waals surface area contributed by atoms with Crippen LogP contribution in [0, 0.1) is 40.4 Å². The number of ketones is 1. The van der Waals surface area contributed by atoms with Crippen LogP contribution >= 0.6 is 0 Å². The standard InChI is InChI=1S/C23H29NO4/c1-10-14(15-11-5-6-12(9-11)16(15)17(10)25)20(26)24-19-18(28-21(24)27)13-7-8-23(19,4)22(13,2)3/h11-13,15-16,18-19H,5-9H2,1-4H3/t11-,12+,13-,15-,16-,18-,19-,23+/m1/s1. The Labute approximate surface area is 165 Å². The Bertz CT molecular complexity index is 872. The first kappa shape index (κ1) is 17.2. The van der Waals surface area contributed by atoms with Crippen LogP contribution in [-0.4, -0.2) is 34.8 Å². The number of carbonyl (C=O) groups excluding carboxylic acids is 3. The largest absolute Gasteiger partial charge is 0.443 e. The number of ether oxygens (including phenoxy) is 1. The molecular formula is C23H29NO4. The zero-order valence-electron chi connectivity index (χ0n) is 17.2. The van der Waals surface area contributed by atoms with Gasteiger partial charge < -0.3 is 4.74 Å². The van der Waals surface area contributed by atoms with Gasteiger partial charge in [0.2, 0.25) is 0 Å². The third-order valence-corrected chi connectivity index (χ3v) is 10.2. The fourth-order valence-electron chi connectivity index (χ4n) is 8.47. The van der Waals surface area contributed by atoms with Crippen LogP contribution in [0.2, 0.25) is 0 Å². The quantitative estimate of drug-likeness (QED) is 0.692. The Hall–Kier alpha value is -1.65. The first-order chi connectivity index (χ1) is 13.2. The number of imide groups is 1. The van der Waals surface area contributed by atoms with E-state index < -0.39 is 6.09 Å². The lowest BCUT2D eigenvalue weighted by Gasteiger charge is -2.41. The number of rotatable bonds is 1. The number of hydrogen-bond acceptors (Lipinski definition) is 4. The molecule has 1 aliphatic heterocycles. The highest BCUT2D eigenvalue weighted by atomic mass is 16.6. The summed E-state index contributed by atoms with van der Waals surface area (Å²) >= 11 is 0. The molecule has 4 saturated carbocycles. The minimum Gasteiger partial charge on any atom is -0.443 e. The molecule has 0 aromatic carbocycles. The van der Waals surface area contributed by atoms with Crippen molar-refractivity contribution in [2.75, 3.05) is 0 Å². The highest BCUT2D eigenvalue weighted by Gasteiger charge is 2.73. The van der Waals surface area contributed by atoms with Gasteiger partial charge in [0.25, 0.3) is 5.91 Å². The van der Waals surface area contributed by atoms with E-state index in [1.807, 2.05) is 0 Å². The van der Waals surface area contributed by atoms with E-state index in [0.717, 1.165) is 32.1 Å². The summed E-state index contributed by atoms with van der Waals surface area (Å²) in [6.45, 7) is 8.55. The van der Waals surface area contributed by atoms with Gasteiger partial charge in [-0.2, -0.15) is 0 Å². The lowest BCUT2D eigenvalue weighted by molar-refractivity contribution is -0.128. The number of fused-ring (bicyclic) bond motifs is 10. The van der Waals surface area contributed by atoms with Crippen molar-refractivity contribution in [2.24, 2.45) is 40.4 Å². The van der Waals surface area contributed by atoms with E-state index in [0.29, 0.717) is 28.9 Å². The summed E-state index contributed by atoms with van der Waals surface area (Å²) in [5.74, 6) is 1.11. The molecule has 0 aromatic heterocycles. The molecule has 150 valence electrons. The van der Waals surface area contributed by atoms with Crippen LogP contribution in [0.1, 0.15) is 59.8 Å². The Morgan fingerprint density at radius 2 is 1.75 bits per heavy atom. The summed E-state index contributed by atoms with van der Waals surface area (Å²) in [6, 6.07) is -0.200. The van der Waals surface area contributed by atoms with Crippen LogP contribution in [-0.2, 0) is 14.3 Å². The molecule has 0 aromatic rings. The maximum Gasteiger partial charge on any atom is 0.417 e. The van der Waals surface area contributed by atoms with Gasteiger partial charge in [0.15, 0.2) is 5.78 Å². The van der Waals surface area contributed by atoms with E-state index in [1.165, 1.54) is 4.90 Å². The lowest BCUT2D eigenvalue weighted by atomic mass is 9.68. The second-order valence-corrected chi connectivity index (χ2v) is 11.0. The van der Waals surface area contributed by atoms with E-state index >= 15 is 0 Å². The summed E-state index contributed by atoms with van der Waals surface area (Å²) < 4.78 is 5.81. The molecule has 8 atom stereocenters. The molecule has 0 radical (unpaired) electrons. The Kier molecular flexibility index (Phi) is 3.02. The minimum atomic E-state index is -0.493. The molecule has 6 rings (SSSR count). The molecule has 28 heavy (non-hydrogen) atoms. The van der Waals surface area contributed by atoms with E-state index in [9.17, 15) is 14.4 Å². The van der Waals surface area contributed by atoms with Crippen LogP contribution in [0.25, 0.3) is 0 Å².